The Labute approximate surface area is 96.5 Å². The van der Waals surface area contributed by atoms with Gasteiger partial charge in [-0.05, 0) is 42.7 Å². The molecule has 0 aliphatic carbocycles. The van der Waals surface area contributed by atoms with Gasteiger partial charge in [-0.3, -0.25) is 0 Å². The molecule has 0 radical (unpaired) electrons. The zero-order chi connectivity index (χ0) is 11.8. The number of rotatable bonds is 6. The standard InChI is InChI=1S/C13H19NO2/c1-16-10-12(3-2-8-14)9-11-4-6-13(15)7-5-11/h4-7,9,15H,2-3,8,10,14H2,1H3/b12-9+. The maximum Gasteiger partial charge on any atom is 0.115 e. The van der Waals surface area contributed by atoms with Crippen LogP contribution in [0.1, 0.15) is 18.4 Å². The summed E-state index contributed by atoms with van der Waals surface area (Å²) in [6.45, 7) is 1.32. The van der Waals surface area contributed by atoms with E-state index in [4.69, 9.17) is 10.5 Å². The molecule has 0 aromatic heterocycles. The van der Waals surface area contributed by atoms with Gasteiger partial charge in [-0.25, -0.2) is 0 Å². The topological polar surface area (TPSA) is 55.5 Å². The SMILES string of the molecule is COC/C(=C/c1ccc(O)cc1)CCCN. The molecule has 1 aromatic rings. The van der Waals surface area contributed by atoms with Gasteiger partial charge in [0.25, 0.3) is 0 Å². The van der Waals surface area contributed by atoms with Crippen LogP contribution in [-0.2, 0) is 4.74 Å². The molecular weight excluding hydrogens is 202 g/mol. The molecule has 0 saturated heterocycles. The lowest BCUT2D eigenvalue weighted by Crippen LogP contribution is -2.01. The Morgan fingerprint density at radius 1 is 1.38 bits per heavy atom. The summed E-state index contributed by atoms with van der Waals surface area (Å²) in [5.74, 6) is 0.285. The molecule has 0 unspecified atom stereocenters. The van der Waals surface area contributed by atoms with Gasteiger partial charge in [0.05, 0.1) is 6.61 Å². The molecule has 0 amide bonds. The van der Waals surface area contributed by atoms with Crippen molar-refractivity contribution in [2.24, 2.45) is 5.73 Å². The molecule has 0 bridgehead atoms. The Kier molecular flexibility index (Phi) is 5.61. The van der Waals surface area contributed by atoms with Crippen LogP contribution in [0, 0.1) is 0 Å². The second kappa shape index (κ2) is 7.04. The van der Waals surface area contributed by atoms with E-state index in [1.54, 1.807) is 19.2 Å². The summed E-state index contributed by atoms with van der Waals surface area (Å²) in [5.41, 5.74) is 7.78. The normalized spacial score (nSPS) is 11.8. The highest BCUT2D eigenvalue weighted by Gasteiger charge is 1.98. The van der Waals surface area contributed by atoms with E-state index in [-0.39, 0.29) is 5.75 Å². The maximum atomic E-state index is 9.17. The molecule has 0 aliphatic rings. The Hall–Kier alpha value is -1.32. The van der Waals surface area contributed by atoms with Gasteiger partial charge < -0.3 is 15.6 Å². The summed E-state index contributed by atoms with van der Waals surface area (Å²) in [5, 5.41) is 9.17. The van der Waals surface area contributed by atoms with Crippen molar-refractivity contribution in [3.63, 3.8) is 0 Å². The molecule has 3 heteroatoms. The molecule has 3 nitrogen and oxygen atoms in total. The minimum absolute atomic E-state index is 0.285. The third kappa shape index (κ3) is 4.47. The van der Waals surface area contributed by atoms with E-state index >= 15 is 0 Å². The molecule has 0 heterocycles. The Balaban J connectivity index is 2.71. The summed E-state index contributed by atoms with van der Waals surface area (Å²) < 4.78 is 5.14. The summed E-state index contributed by atoms with van der Waals surface area (Å²) in [7, 11) is 1.69. The number of hydrogen-bond donors (Lipinski definition) is 2. The van der Waals surface area contributed by atoms with Crippen LogP contribution >= 0.6 is 0 Å². The lowest BCUT2D eigenvalue weighted by Gasteiger charge is -2.06. The molecule has 1 rings (SSSR count). The molecular formula is C13H19NO2. The first-order valence-corrected chi connectivity index (χ1v) is 5.43. The lowest BCUT2D eigenvalue weighted by molar-refractivity contribution is 0.223. The van der Waals surface area contributed by atoms with E-state index in [1.165, 1.54) is 5.57 Å². The second-order valence-electron chi connectivity index (χ2n) is 3.72. The summed E-state index contributed by atoms with van der Waals surface area (Å²) in [6.07, 6.45) is 4.00. The van der Waals surface area contributed by atoms with E-state index in [9.17, 15) is 5.11 Å². The summed E-state index contributed by atoms with van der Waals surface area (Å²) in [4.78, 5) is 0. The first kappa shape index (κ1) is 12.7. The van der Waals surface area contributed by atoms with Crippen LogP contribution in [-0.4, -0.2) is 25.4 Å². The number of benzene rings is 1. The third-order valence-corrected chi connectivity index (χ3v) is 2.30. The van der Waals surface area contributed by atoms with Crippen LogP contribution < -0.4 is 5.73 Å². The number of phenols is 1. The molecule has 0 atom stereocenters. The van der Waals surface area contributed by atoms with Crippen LogP contribution in [0.2, 0.25) is 0 Å². The zero-order valence-electron chi connectivity index (χ0n) is 9.65. The van der Waals surface area contributed by atoms with Gasteiger partial charge in [0.2, 0.25) is 0 Å². The van der Waals surface area contributed by atoms with Crippen LogP contribution in [0.25, 0.3) is 6.08 Å². The Morgan fingerprint density at radius 3 is 2.62 bits per heavy atom. The largest absolute Gasteiger partial charge is 0.508 e. The number of nitrogens with two attached hydrogens (primary N) is 1. The fourth-order valence-corrected chi connectivity index (χ4v) is 1.51. The first-order chi connectivity index (χ1) is 7.76. The van der Waals surface area contributed by atoms with Crippen LogP contribution in [0.4, 0.5) is 0 Å². The highest BCUT2D eigenvalue weighted by atomic mass is 16.5. The number of ether oxygens (including phenoxy) is 1. The van der Waals surface area contributed by atoms with Crippen LogP contribution in [0.15, 0.2) is 29.8 Å². The molecule has 3 N–H and O–H groups in total. The lowest BCUT2D eigenvalue weighted by atomic mass is 10.1. The zero-order valence-corrected chi connectivity index (χ0v) is 9.65. The number of hydrogen-bond acceptors (Lipinski definition) is 3. The van der Waals surface area contributed by atoms with Crippen molar-refractivity contribution in [3.05, 3.63) is 35.4 Å². The van der Waals surface area contributed by atoms with Crippen molar-refractivity contribution in [2.45, 2.75) is 12.8 Å². The van der Waals surface area contributed by atoms with E-state index in [2.05, 4.69) is 6.08 Å². The molecule has 0 spiro atoms. The van der Waals surface area contributed by atoms with Crippen molar-refractivity contribution < 1.29 is 9.84 Å². The minimum Gasteiger partial charge on any atom is -0.508 e. The molecule has 0 saturated carbocycles. The first-order valence-electron chi connectivity index (χ1n) is 5.43. The summed E-state index contributed by atoms with van der Waals surface area (Å²) in [6, 6.07) is 7.12. The van der Waals surface area contributed by atoms with Gasteiger partial charge in [-0.2, -0.15) is 0 Å². The van der Waals surface area contributed by atoms with E-state index in [0.29, 0.717) is 13.2 Å². The fraction of sp³-hybridized carbons (Fsp3) is 0.385. The Bertz CT molecular complexity index is 330. The maximum absolute atomic E-state index is 9.17. The van der Waals surface area contributed by atoms with Gasteiger partial charge in [-0.1, -0.05) is 18.2 Å². The smallest absolute Gasteiger partial charge is 0.115 e. The van der Waals surface area contributed by atoms with Crippen molar-refractivity contribution in [1.82, 2.24) is 0 Å². The predicted molar refractivity (Wildman–Crippen MR) is 66.2 cm³/mol. The third-order valence-electron chi connectivity index (χ3n) is 2.30. The number of aromatic hydroxyl groups is 1. The van der Waals surface area contributed by atoms with Gasteiger partial charge in [0.15, 0.2) is 0 Å². The highest BCUT2D eigenvalue weighted by Crippen LogP contribution is 2.15. The van der Waals surface area contributed by atoms with Crippen molar-refractivity contribution in [3.8, 4) is 5.75 Å². The number of phenolic OH excluding ortho intramolecular Hbond substituents is 1. The van der Waals surface area contributed by atoms with Gasteiger partial charge >= 0.3 is 0 Å². The monoisotopic (exact) mass is 221 g/mol. The van der Waals surface area contributed by atoms with Crippen molar-refractivity contribution >= 4 is 6.08 Å². The van der Waals surface area contributed by atoms with Crippen LogP contribution in [0.3, 0.4) is 0 Å². The van der Waals surface area contributed by atoms with Crippen LogP contribution in [0.5, 0.6) is 5.75 Å². The fourth-order valence-electron chi connectivity index (χ4n) is 1.51. The molecule has 88 valence electrons. The molecule has 0 aliphatic heterocycles. The highest BCUT2D eigenvalue weighted by molar-refractivity contribution is 5.54. The average Bonchev–Trinajstić information content (AvgIpc) is 2.29. The van der Waals surface area contributed by atoms with E-state index in [0.717, 1.165) is 18.4 Å². The number of methoxy groups -OCH3 is 1. The summed E-state index contributed by atoms with van der Waals surface area (Å²) >= 11 is 0. The average molecular weight is 221 g/mol. The van der Waals surface area contributed by atoms with Gasteiger partial charge in [0.1, 0.15) is 5.75 Å². The molecule has 1 aromatic carbocycles. The van der Waals surface area contributed by atoms with Gasteiger partial charge in [0, 0.05) is 7.11 Å². The van der Waals surface area contributed by atoms with E-state index < -0.39 is 0 Å². The Morgan fingerprint density at radius 2 is 2.06 bits per heavy atom. The predicted octanol–water partition coefficient (Wildman–Crippen LogP) is 2.16. The van der Waals surface area contributed by atoms with Crippen molar-refractivity contribution in [1.29, 1.82) is 0 Å². The second-order valence-corrected chi connectivity index (χ2v) is 3.72. The van der Waals surface area contributed by atoms with Gasteiger partial charge in [-0.15, -0.1) is 0 Å². The molecule has 0 fully saturated rings. The van der Waals surface area contributed by atoms with E-state index in [1.807, 2.05) is 12.1 Å². The molecule has 16 heavy (non-hydrogen) atoms. The minimum atomic E-state index is 0.285. The quantitative estimate of drug-likeness (QED) is 0.774. The van der Waals surface area contributed by atoms with Crippen molar-refractivity contribution in [2.75, 3.05) is 20.3 Å².